The first-order valence-corrected chi connectivity index (χ1v) is 8.74. The Morgan fingerprint density at radius 3 is 2.62 bits per heavy atom. The number of aryl methyl sites for hydroxylation is 1. The molecule has 0 bridgehead atoms. The molecule has 1 aromatic heterocycles. The lowest BCUT2D eigenvalue weighted by atomic mass is 10.1. The Kier molecular flexibility index (Phi) is 5.53. The molecule has 2 heterocycles. The molecule has 0 unspecified atom stereocenters. The van der Waals surface area contributed by atoms with E-state index in [4.69, 9.17) is 4.74 Å². The maximum absolute atomic E-state index is 5.35. The number of piperazine rings is 1. The second kappa shape index (κ2) is 7.81. The maximum atomic E-state index is 5.35. The van der Waals surface area contributed by atoms with Gasteiger partial charge in [0.25, 0.3) is 0 Å². The highest BCUT2D eigenvalue weighted by Crippen LogP contribution is 2.24. The average Bonchev–Trinajstić information content (AvgIpc) is 3.05. The highest BCUT2D eigenvalue weighted by Gasteiger charge is 2.22. The smallest absolute Gasteiger partial charge is 0.119 e. The van der Waals surface area contributed by atoms with Crippen molar-refractivity contribution in [3.8, 4) is 5.75 Å². The molecule has 1 aliphatic heterocycles. The summed E-state index contributed by atoms with van der Waals surface area (Å²) in [5.74, 6) is 0.939. The monoisotopic (exact) mass is 328 g/mol. The Morgan fingerprint density at radius 2 is 1.96 bits per heavy atom. The predicted octanol–water partition coefficient (Wildman–Crippen LogP) is 2.35. The molecule has 1 fully saturated rings. The SMILES string of the molecule is COc1cccc([C@H](C)N2CCN(CCc3ccnn3C)CC2)c1. The molecule has 5 heteroatoms. The van der Waals surface area contributed by atoms with Crippen LogP contribution in [0.15, 0.2) is 36.5 Å². The molecule has 1 aromatic carbocycles. The number of methoxy groups -OCH3 is 1. The molecular weight excluding hydrogens is 300 g/mol. The lowest BCUT2D eigenvalue weighted by Gasteiger charge is -2.38. The van der Waals surface area contributed by atoms with Gasteiger partial charge in [0.2, 0.25) is 0 Å². The molecule has 0 spiro atoms. The number of ether oxygens (including phenoxy) is 1. The number of rotatable bonds is 6. The van der Waals surface area contributed by atoms with Crippen LogP contribution < -0.4 is 4.74 Å². The van der Waals surface area contributed by atoms with E-state index < -0.39 is 0 Å². The first-order chi connectivity index (χ1) is 11.7. The molecule has 0 N–H and O–H groups in total. The molecule has 0 saturated carbocycles. The molecule has 1 saturated heterocycles. The number of hydrogen-bond donors (Lipinski definition) is 0. The van der Waals surface area contributed by atoms with Crippen molar-refractivity contribution in [2.24, 2.45) is 7.05 Å². The molecule has 3 rings (SSSR count). The molecule has 0 aliphatic carbocycles. The Morgan fingerprint density at radius 1 is 1.17 bits per heavy atom. The third-order valence-electron chi connectivity index (χ3n) is 5.14. The van der Waals surface area contributed by atoms with E-state index in [9.17, 15) is 0 Å². The van der Waals surface area contributed by atoms with Crippen LogP contribution in [-0.4, -0.2) is 59.4 Å². The van der Waals surface area contributed by atoms with Crippen LogP contribution in [0.5, 0.6) is 5.75 Å². The normalized spacial score (nSPS) is 17.8. The zero-order valence-electron chi connectivity index (χ0n) is 15.0. The summed E-state index contributed by atoms with van der Waals surface area (Å²) >= 11 is 0. The molecule has 0 amide bonds. The summed E-state index contributed by atoms with van der Waals surface area (Å²) in [6.07, 6.45) is 2.95. The van der Waals surface area contributed by atoms with Gasteiger partial charge in [-0.3, -0.25) is 9.58 Å². The van der Waals surface area contributed by atoms with E-state index in [1.54, 1.807) is 7.11 Å². The van der Waals surface area contributed by atoms with Crippen LogP contribution in [0.3, 0.4) is 0 Å². The van der Waals surface area contributed by atoms with Crippen molar-refractivity contribution in [3.63, 3.8) is 0 Å². The number of aromatic nitrogens is 2. The minimum atomic E-state index is 0.430. The summed E-state index contributed by atoms with van der Waals surface area (Å²) < 4.78 is 7.33. The summed E-state index contributed by atoms with van der Waals surface area (Å²) in [7, 11) is 3.74. The van der Waals surface area contributed by atoms with E-state index in [2.05, 4.69) is 46.1 Å². The van der Waals surface area contributed by atoms with Crippen LogP contribution in [0.4, 0.5) is 0 Å². The zero-order valence-corrected chi connectivity index (χ0v) is 15.0. The van der Waals surface area contributed by atoms with Gasteiger partial charge in [0, 0.05) is 64.1 Å². The minimum absolute atomic E-state index is 0.430. The van der Waals surface area contributed by atoms with Gasteiger partial charge >= 0.3 is 0 Å². The Labute approximate surface area is 144 Å². The van der Waals surface area contributed by atoms with Gasteiger partial charge in [0.1, 0.15) is 5.75 Å². The van der Waals surface area contributed by atoms with Crippen LogP contribution in [0.1, 0.15) is 24.2 Å². The summed E-state index contributed by atoms with van der Waals surface area (Å²) in [6.45, 7) is 7.90. The van der Waals surface area contributed by atoms with Crippen LogP contribution in [-0.2, 0) is 13.5 Å². The molecular formula is C19H28N4O. The Balaban J connectivity index is 1.50. The molecule has 1 aliphatic rings. The minimum Gasteiger partial charge on any atom is -0.497 e. The average molecular weight is 328 g/mol. The van der Waals surface area contributed by atoms with E-state index in [0.29, 0.717) is 6.04 Å². The molecule has 5 nitrogen and oxygen atoms in total. The molecule has 0 radical (unpaired) electrons. The topological polar surface area (TPSA) is 33.5 Å². The van der Waals surface area contributed by atoms with Crippen LogP contribution in [0.25, 0.3) is 0 Å². The fourth-order valence-electron chi connectivity index (χ4n) is 3.41. The second-order valence-electron chi connectivity index (χ2n) is 6.53. The highest BCUT2D eigenvalue weighted by molar-refractivity contribution is 5.30. The highest BCUT2D eigenvalue weighted by atomic mass is 16.5. The van der Waals surface area contributed by atoms with Gasteiger partial charge in [0.15, 0.2) is 0 Å². The van der Waals surface area contributed by atoms with Gasteiger partial charge < -0.3 is 9.64 Å². The van der Waals surface area contributed by atoms with E-state index in [1.807, 2.05) is 24.0 Å². The largest absolute Gasteiger partial charge is 0.497 e. The summed E-state index contributed by atoms with van der Waals surface area (Å²) in [5.41, 5.74) is 2.64. The van der Waals surface area contributed by atoms with Crippen molar-refractivity contribution in [1.82, 2.24) is 19.6 Å². The molecule has 130 valence electrons. The lowest BCUT2D eigenvalue weighted by Crippen LogP contribution is -2.47. The van der Waals surface area contributed by atoms with Crippen molar-refractivity contribution in [3.05, 3.63) is 47.8 Å². The zero-order chi connectivity index (χ0) is 16.9. The van der Waals surface area contributed by atoms with Gasteiger partial charge in [-0.25, -0.2) is 0 Å². The molecule has 2 aromatic rings. The van der Waals surface area contributed by atoms with E-state index in [-0.39, 0.29) is 0 Å². The van der Waals surface area contributed by atoms with Crippen molar-refractivity contribution in [2.45, 2.75) is 19.4 Å². The second-order valence-corrected chi connectivity index (χ2v) is 6.53. The van der Waals surface area contributed by atoms with Crippen LogP contribution in [0, 0.1) is 0 Å². The maximum Gasteiger partial charge on any atom is 0.119 e. The van der Waals surface area contributed by atoms with Gasteiger partial charge in [-0.1, -0.05) is 12.1 Å². The van der Waals surface area contributed by atoms with Gasteiger partial charge in [-0.05, 0) is 30.7 Å². The Bertz CT molecular complexity index is 646. The van der Waals surface area contributed by atoms with E-state index >= 15 is 0 Å². The molecule has 24 heavy (non-hydrogen) atoms. The fraction of sp³-hybridized carbons (Fsp3) is 0.526. The van der Waals surface area contributed by atoms with Crippen molar-refractivity contribution < 1.29 is 4.74 Å². The molecule has 1 atom stereocenters. The van der Waals surface area contributed by atoms with Crippen molar-refractivity contribution >= 4 is 0 Å². The van der Waals surface area contributed by atoms with E-state index in [1.165, 1.54) is 11.3 Å². The summed E-state index contributed by atoms with van der Waals surface area (Å²) in [5, 5.41) is 4.24. The third kappa shape index (κ3) is 3.97. The quantitative estimate of drug-likeness (QED) is 0.815. The Hall–Kier alpha value is -1.85. The van der Waals surface area contributed by atoms with Gasteiger partial charge in [0.05, 0.1) is 7.11 Å². The van der Waals surface area contributed by atoms with E-state index in [0.717, 1.165) is 44.9 Å². The van der Waals surface area contributed by atoms with Gasteiger partial charge in [-0.2, -0.15) is 5.10 Å². The van der Waals surface area contributed by atoms with Crippen LogP contribution >= 0.6 is 0 Å². The lowest BCUT2D eigenvalue weighted by molar-refractivity contribution is 0.103. The van der Waals surface area contributed by atoms with Crippen molar-refractivity contribution in [2.75, 3.05) is 39.8 Å². The van der Waals surface area contributed by atoms with Crippen LogP contribution in [0.2, 0.25) is 0 Å². The summed E-state index contributed by atoms with van der Waals surface area (Å²) in [4.78, 5) is 5.12. The first kappa shape index (κ1) is 17.0. The first-order valence-electron chi connectivity index (χ1n) is 8.74. The predicted molar refractivity (Wildman–Crippen MR) is 96.3 cm³/mol. The number of nitrogens with zero attached hydrogens (tertiary/aromatic N) is 4. The fourth-order valence-corrected chi connectivity index (χ4v) is 3.41. The standard InChI is InChI=1S/C19H28N4O/c1-16(17-5-4-6-19(15-17)24-3)23-13-11-22(12-14-23)10-8-18-7-9-20-21(18)2/h4-7,9,15-16H,8,10-14H2,1-3H3/t16-/m0/s1. The number of benzene rings is 1. The third-order valence-corrected chi connectivity index (χ3v) is 5.14. The van der Waals surface area contributed by atoms with Crippen molar-refractivity contribution in [1.29, 1.82) is 0 Å². The number of hydrogen-bond acceptors (Lipinski definition) is 4. The summed E-state index contributed by atoms with van der Waals surface area (Å²) in [6, 6.07) is 11.0. The van der Waals surface area contributed by atoms with Gasteiger partial charge in [-0.15, -0.1) is 0 Å².